The molecule has 106 valence electrons. The molecule has 0 saturated heterocycles. The van der Waals surface area contributed by atoms with Crippen molar-refractivity contribution in [1.82, 2.24) is 0 Å². The maximum absolute atomic E-state index is 12.0. The average molecular weight is 254 g/mol. The van der Waals surface area contributed by atoms with Crippen LogP contribution in [0.2, 0.25) is 0 Å². The predicted molar refractivity (Wildman–Crippen MR) is 77.5 cm³/mol. The van der Waals surface area contributed by atoms with Gasteiger partial charge in [0.15, 0.2) is 0 Å². The molecule has 0 aliphatic heterocycles. The van der Waals surface area contributed by atoms with Crippen molar-refractivity contribution < 1.29 is 9.53 Å². The van der Waals surface area contributed by atoms with E-state index in [1.165, 1.54) is 0 Å². The van der Waals surface area contributed by atoms with E-state index in [9.17, 15) is 4.79 Å². The van der Waals surface area contributed by atoms with Gasteiger partial charge in [0, 0.05) is 0 Å². The van der Waals surface area contributed by atoms with Gasteiger partial charge in [-0.1, -0.05) is 47.1 Å². The first-order chi connectivity index (χ1) is 7.93. The largest absolute Gasteiger partial charge is 0.460 e. The third-order valence-electron chi connectivity index (χ3n) is 3.40. The molecule has 0 saturated carbocycles. The molecule has 0 amide bonds. The highest BCUT2D eigenvalue weighted by Gasteiger charge is 2.31. The van der Waals surface area contributed by atoms with Crippen molar-refractivity contribution in [2.45, 2.75) is 73.3 Å². The van der Waals surface area contributed by atoms with E-state index >= 15 is 0 Å². The third-order valence-corrected chi connectivity index (χ3v) is 3.40. The summed E-state index contributed by atoms with van der Waals surface area (Å²) in [5.41, 5.74) is -0.455. The minimum Gasteiger partial charge on any atom is -0.460 e. The smallest absolute Gasteiger partial charge is 0.306 e. The van der Waals surface area contributed by atoms with Gasteiger partial charge in [-0.3, -0.25) is 4.79 Å². The molecule has 0 bridgehead atoms. The van der Waals surface area contributed by atoms with Crippen molar-refractivity contribution in [2.24, 2.45) is 10.8 Å². The van der Waals surface area contributed by atoms with Crippen molar-refractivity contribution in [1.29, 1.82) is 0 Å². The van der Waals surface area contributed by atoms with Crippen LogP contribution >= 0.6 is 0 Å². The normalized spacial score (nSPS) is 13.3. The molecule has 0 N–H and O–H groups in total. The van der Waals surface area contributed by atoms with Gasteiger partial charge in [0.2, 0.25) is 0 Å². The van der Waals surface area contributed by atoms with Crippen LogP contribution in [-0.2, 0) is 9.53 Å². The Labute approximate surface area is 113 Å². The van der Waals surface area contributed by atoms with Gasteiger partial charge in [-0.15, -0.1) is 6.58 Å². The number of carbonyl (C=O) groups excluding carboxylic acids is 1. The Bertz CT molecular complexity index is 298. The van der Waals surface area contributed by atoms with Crippen LogP contribution < -0.4 is 0 Å². The molecule has 0 heterocycles. The average Bonchev–Trinajstić information content (AvgIpc) is 2.14. The van der Waals surface area contributed by atoms with E-state index in [-0.39, 0.29) is 16.8 Å². The third kappa shape index (κ3) is 6.83. The number of hydrogen-bond acceptors (Lipinski definition) is 2. The highest BCUT2D eigenvalue weighted by molar-refractivity contribution is 5.70. The predicted octanol–water partition coefficient (Wildman–Crippen LogP) is 4.74. The SMILES string of the molecule is C=CC(C)(C)CC(C)(C)OC(=O)CC(C)(C)CC. The van der Waals surface area contributed by atoms with E-state index in [4.69, 9.17) is 4.74 Å². The Balaban J connectivity index is 4.50. The minimum atomic E-state index is -0.446. The maximum Gasteiger partial charge on any atom is 0.306 e. The van der Waals surface area contributed by atoms with Gasteiger partial charge in [-0.05, 0) is 31.1 Å². The van der Waals surface area contributed by atoms with Crippen LogP contribution in [0, 0.1) is 10.8 Å². The number of esters is 1. The van der Waals surface area contributed by atoms with Gasteiger partial charge in [0.05, 0.1) is 6.42 Å². The summed E-state index contributed by atoms with van der Waals surface area (Å²) in [5.74, 6) is -0.105. The monoisotopic (exact) mass is 254 g/mol. The van der Waals surface area contributed by atoms with E-state index in [0.29, 0.717) is 6.42 Å². The fourth-order valence-corrected chi connectivity index (χ4v) is 2.07. The van der Waals surface area contributed by atoms with Crippen molar-refractivity contribution in [2.75, 3.05) is 0 Å². The van der Waals surface area contributed by atoms with Crippen molar-refractivity contribution in [3.05, 3.63) is 12.7 Å². The minimum absolute atomic E-state index is 0.0150. The van der Waals surface area contributed by atoms with Gasteiger partial charge >= 0.3 is 5.97 Å². The lowest BCUT2D eigenvalue weighted by Gasteiger charge is -2.33. The maximum atomic E-state index is 12.0. The summed E-state index contributed by atoms with van der Waals surface area (Å²) in [6, 6.07) is 0. The molecule has 0 aromatic carbocycles. The molecule has 0 rings (SSSR count). The molecule has 0 aromatic rings. The number of hydrogen-bond donors (Lipinski definition) is 0. The fraction of sp³-hybridized carbons (Fsp3) is 0.812. The highest BCUT2D eigenvalue weighted by atomic mass is 16.6. The molecule has 0 fully saturated rings. The number of rotatable bonds is 7. The Kier molecular flexibility index (Phi) is 5.64. The lowest BCUT2D eigenvalue weighted by atomic mass is 9.81. The van der Waals surface area contributed by atoms with Gasteiger partial charge < -0.3 is 4.74 Å². The summed E-state index contributed by atoms with van der Waals surface area (Å²) in [4.78, 5) is 12.0. The first-order valence-corrected chi connectivity index (χ1v) is 6.78. The molecule has 18 heavy (non-hydrogen) atoms. The fourth-order valence-electron chi connectivity index (χ4n) is 2.07. The van der Waals surface area contributed by atoms with Crippen molar-refractivity contribution in [3.8, 4) is 0 Å². The second-order valence-corrected chi connectivity index (χ2v) is 7.30. The second-order valence-electron chi connectivity index (χ2n) is 7.30. The first kappa shape index (κ1) is 17.2. The van der Waals surface area contributed by atoms with Crippen LogP contribution in [0.25, 0.3) is 0 Å². The van der Waals surface area contributed by atoms with Crippen LogP contribution in [0.4, 0.5) is 0 Å². The van der Waals surface area contributed by atoms with Crippen LogP contribution in [0.5, 0.6) is 0 Å². The number of carbonyl (C=O) groups is 1. The van der Waals surface area contributed by atoms with Crippen molar-refractivity contribution >= 4 is 5.97 Å². The molecule has 0 aromatic heterocycles. The van der Waals surface area contributed by atoms with Crippen LogP contribution in [-0.4, -0.2) is 11.6 Å². The zero-order valence-corrected chi connectivity index (χ0v) is 13.2. The van der Waals surface area contributed by atoms with E-state index < -0.39 is 5.60 Å². The molecule has 2 heteroatoms. The number of ether oxygens (including phenoxy) is 1. The highest BCUT2D eigenvalue weighted by Crippen LogP contribution is 2.32. The summed E-state index contributed by atoms with van der Waals surface area (Å²) in [7, 11) is 0. The summed E-state index contributed by atoms with van der Waals surface area (Å²) in [6.45, 7) is 18.2. The standard InChI is InChI=1S/C16H30O2/c1-9-14(3,4)11-13(17)18-16(7,8)12-15(5,6)10-2/h10H,2,9,11-12H2,1,3-8H3. The molecule has 2 nitrogen and oxygen atoms in total. The zero-order chi connectivity index (χ0) is 14.6. The van der Waals surface area contributed by atoms with Crippen LogP contribution in [0.15, 0.2) is 12.7 Å². The molecular weight excluding hydrogens is 224 g/mol. The molecule has 0 atom stereocenters. The quantitative estimate of drug-likeness (QED) is 0.484. The van der Waals surface area contributed by atoms with E-state index in [0.717, 1.165) is 12.8 Å². The van der Waals surface area contributed by atoms with Gasteiger partial charge in [0.25, 0.3) is 0 Å². The second kappa shape index (κ2) is 5.90. The molecular formula is C16H30O2. The van der Waals surface area contributed by atoms with Crippen LogP contribution in [0.1, 0.15) is 67.7 Å². The summed E-state index contributed by atoms with van der Waals surface area (Å²) in [5, 5.41) is 0. The van der Waals surface area contributed by atoms with Gasteiger partial charge in [0.1, 0.15) is 5.60 Å². The van der Waals surface area contributed by atoms with E-state index in [1.807, 2.05) is 19.9 Å². The van der Waals surface area contributed by atoms with Gasteiger partial charge in [-0.25, -0.2) is 0 Å². The Morgan fingerprint density at radius 3 is 2.06 bits per heavy atom. The Hall–Kier alpha value is -0.790. The van der Waals surface area contributed by atoms with E-state index in [2.05, 4.69) is 41.2 Å². The van der Waals surface area contributed by atoms with E-state index in [1.54, 1.807) is 0 Å². The molecule has 0 aliphatic rings. The zero-order valence-electron chi connectivity index (χ0n) is 13.2. The molecule has 0 unspecified atom stereocenters. The topological polar surface area (TPSA) is 26.3 Å². The summed E-state index contributed by atoms with van der Waals surface area (Å²) in [6.07, 6.45) is 4.14. The Morgan fingerprint density at radius 1 is 1.17 bits per heavy atom. The first-order valence-electron chi connectivity index (χ1n) is 6.78. The molecule has 0 radical (unpaired) electrons. The summed E-state index contributed by atoms with van der Waals surface area (Å²) >= 11 is 0. The van der Waals surface area contributed by atoms with Crippen LogP contribution in [0.3, 0.4) is 0 Å². The molecule has 0 spiro atoms. The lowest BCUT2D eigenvalue weighted by molar-refractivity contribution is -0.161. The Morgan fingerprint density at radius 2 is 1.67 bits per heavy atom. The lowest BCUT2D eigenvalue weighted by Crippen LogP contribution is -2.34. The number of allylic oxidation sites excluding steroid dienone is 1. The summed E-state index contributed by atoms with van der Waals surface area (Å²) < 4.78 is 5.63. The molecule has 0 aliphatic carbocycles. The van der Waals surface area contributed by atoms with Gasteiger partial charge in [-0.2, -0.15) is 0 Å². The van der Waals surface area contributed by atoms with Crippen molar-refractivity contribution in [3.63, 3.8) is 0 Å².